The first kappa shape index (κ1) is 89.2. The molecule has 69 heavy (non-hydrogen) atoms. The summed E-state index contributed by atoms with van der Waals surface area (Å²) >= 11 is 16.1. The van der Waals surface area contributed by atoms with Crippen LogP contribution in [0.2, 0.25) is 0 Å². The van der Waals surface area contributed by atoms with Crippen molar-refractivity contribution >= 4 is 123 Å². The molecule has 3 aromatic rings. The minimum absolute atomic E-state index is 0. The zero-order valence-corrected chi connectivity index (χ0v) is 56.1. The number of thiol groups is 4. The molecule has 0 spiro atoms. The van der Waals surface area contributed by atoms with Crippen LogP contribution in [0.3, 0.4) is 0 Å². The number of aliphatic hydroxyl groups excluding tert-OH is 1. The summed E-state index contributed by atoms with van der Waals surface area (Å²) in [4.78, 5) is 52.5. The molecule has 0 aromatic heterocycles. The van der Waals surface area contributed by atoms with Gasteiger partial charge < -0.3 is 74.1 Å². The maximum Gasteiger partial charge on any atom is 0.404 e. The summed E-state index contributed by atoms with van der Waals surface area (Å²) in [5, 5.41) is 34.6. The van der Waals surface area contributed by atoms with E-state index in [0.717, 1.165) is 37.3 Å². The van der Waals surface area contributed by atoms with Crippen LogP contribution in [0.1, 0.15) is 65.2 Å². The Morgan fingerprint density at radius 1 is 0.638 bits per heavy atom. The Morgan fingerprint density at radius 3 is 1.22 bits per heavy atom. The van der Waals surface area contributed by atoms with Crippen LogP contribution in [0.4, 0.5) is 4.79 Å². The van der Waals surface area contributed by atoms with Crippen molar-refractivity contribution in [1.82, 2.24) is 0 Å². The molecule has 0 aliphatic rings. The zero-order chi connectivity index (χ0) is 49.2. The molecule has 10 N–H and O–H groups in total. The molecule has 0 aliphatic carbocycles. The van der Waals surface area contributed by atoms with Crippen LogP contribution in [0.25, 0.3) is 0 Å². The number of amides is 1. The second-order valence-electron chi connectivity index (χ2n) is 14.2. The van der Waals surface area contributed by atoms with Crippen molar-refractivity contribution in [2.24, 2.45) is 17.2 Å². The fourth-order valence-electron chi connectivity index (χ4n) is 3.13. The van der Waals surface area contributed by atoms with E-state index >= 15 is 0 Å². The summed E-state index contributed by atoms with van der Waals surface area (Å²) in [5.41, 5.74) is 18.3. The number of rotatable bonds is 17. The molecule has 0 heterocycles. The number of primary amides is 1. The van der Waals surface area contributed by atoms with Gasteiger partial charge in [-0.05, 0) is 80.8 Å². The van der Waals surface area contributed by atoms with Gasteiger partial charge >= 0.3 is 18.0 Å². The molecular weight excluding hydrogens is 1270 g/mol. The Morgan fingerprint density at radius 2 is 0.957 bits per heavy atom. The maximum absolute atomic E-state index is 10.6. The van der Waals surface area contributed by atoms with Crippen molar-refractivity contribution in [3.8, 4) is 5.75 Å². The van der Waals surface area contributed by atoms with Crippen molar-refractivity contribution < 1.29 is 157 Å². The van der Waals surface area contributed by atoms with Crippen LogP contribution in [-0.4, -0.2) is 90.1 Å². The van der Waals surface area contributed by atoms with E-state index in [4.69, 9.17) is 37.6 Å². The summed E-state index contributed by atoms with van der Waals surface area (Å²) in [7, 11) is 5.55. The minimum Gasteiger partial charge on any atom is -0.508 e. The van der Waals surface area contributed by atoms with Crippen molar-refractivity contribution in [3.05, 3.63) is 112 Å². The van der Waals surface area contributed by atoms with E-state index in [1.165, 1.54) is 21.6 Å². The van der Waals surface area contributed by atoms with E-state index in [-0.39, 0.29) is 146 Å². The van der Waals surface area contributed by atoms with Gasteiger partial charge in [-0.25, -0.2) is 4.79 Å². The van der Waals surface area contributed by atoms with Crippen molar-refractivity contribution in [2.75, 3.05) is 12.4 Å². The van der Waals surface area contributed by atoms with Gasteiger partial charge in [-0.15, -0.1) is 48.6 Å². The third-order valence-electron chi connectivity index (χ3n) is 6.81. The van der Waals surface area contributed by atoms with Crippen molar-refractivity contribution in [3.63, 3.8) is 0 Å². The summed E-state index contributed by atoms with van der Waals surface area (Å²) in [6, 6.07) is 19.5. The molecule has 3 rings (SSSR count). The molecule has 0 saturated heterocycles. The van der Waals surface area contributed by atoms with E-state index in [9.17, 15) is 24.0 Å². The average Bonchev–Trinajstić information content (AvgIpc) is 3.23. The molecule has 0 fully saturated rings. The molecular formula is C43H70N3O12S8Y3-3. The van der Waals surface area contributed by atoms with Crippen molar-refractivity contribution in [2.45, 2.75) is 104 Å². The number of ether oxygens (including phenoxy) is 3. The van der Waals surface area contributed by atoms with Gasteiger partial charge in [0.05, 0.1) is 6.61 Å². The SMILES string of the molecule is CC(C)(C)SS.CC(C)(SS)C(N)C(=O)O.CC(C)(SSCCO)C(N)C(=O)O.NC(=O)OCc1ccc(S)cc1.O=COCc1ccc(O)cc1.O=COCc1ccc(S)cc1.[CH3-].[CH3-].[CH3-].[Y].[Y].[Y]. The first-order chi connectivity index (χ1) is 29.2. The second kappa shape index (κ2) is 52.1. The number of aliphatic carboxylic acids is 2. The standard InChI is InChI=1S/C8H9NO2S.C8H8O3.C8H8O2S.C7H15NO3S2.C5H11NO2S2.C4H10S2.3CH3.3Y/c9-8(10)11-5-6-1-3-7(12)4-2-6;9-6-11-5-7-1-3-8(10)4-2-7;9-6-10-5-7-1-3-8(11)4-2-7;1-7(2,5(8)6(10)11)13-12-4-3-9;1-5(2,10-9)3(6)4(7)8;1-4(2,3)6-5;;;;;;/h1-4,12H,5H2,(H2,9,10);1-4,6,10H,5H2;1-4,6,11H,5H2;5,9H,3-4,8H2,1-2H3,(H,10,11);3,9H,6H2,1-2H3,(H,7,8);5H,1-3H3;3*1H3;;;/q;;;;;;3*-1;;;. The van der Waals surface area contributed by atoms with E-state index in [0.29, 0.717) is 30.1 Å². The normalized spacial score (nSPS) is 10.4. The Hall–Kier alpha value is 0.602. The quantitative estimate of drug-likeness (QED) is 0.0150. The van der Waals surface area contributed by atoms with E-state index in [1.54, 1.807) is 62.8 Å². The van der Waals surface area contributed by atoms with Crippen LogP contribution >= 0.6 is 91.8 Å². The summed E-state index contributed by atoms with van der Waals surface area (Å²) in [5.74, 6) is -1.20. The number of carboxylic acid groups (broad SMARTS) is 2. The number of aromatic hydroxyl groups is 1. The fraction of sp³-hybridized carbons (Fsp3) is 0.395. The summed E-state index contributed by atoms with van der Waals surface area (Å²) in [6.45, 7) is 15.1. The topological polar surface area (TPSA) is 272 Å². The van der Waals surface area contributed by atoms with Crippen LogP contribution < -0.4 is 17.2 Å². The molecule has 2 atom stereocenters. The number of hydrogen-bond acceptors (Lipinski definition) is 20. The Bertz CT molecular complexity index is 1670. The van der Waals surface area contributed by atoms with Crippen LogP contribution in [0.15, 0.2) is 82.6 Å². The van der Waals surface area contributed by atoms with Crippen LogP contribution in [-0.2, 0) is 151 Å². The van der Waals surface area contributed by atoms with Gasteiger partial charge in [-0.3, -0.25) is 19.2 Å². The van der Waals surface area contributed by atoms with Gasteiger partial charge in [-0.2, -0.15) is 0 Å². The van der Waals surface area contributed by atoms with Gasteiger partial charge in [0.15, 0.2) is 0 Å². The second-order valence-corrected chi connectivity index (χ2v) is 22.0. The number of benzene rings is 3. The number of carbonyl (C=O) groups excluding carboxylic acids is 3. The molecule has 15 nitrogen and oxygen atoms in total. The van der Waals surface area contributed by atoms with Gasteiger partial charge in [0.2, 0.25) is 0 Å². The predicted molar refractivity (Wildman–Crippen MR) is 290 cm³/mol. The van der Waals surface area contributed by atoms with E-state index in [1.807, 2.05) is 48.5 Å². The Kier molecular flexibility index (Phi) is 67.3. The third-order valence-corrected chi connectivity index (χ3v) is 15.0. The van der Waals surface area contributed by atoms with Gasteiger partial charge in [0.25, 0.3) is 12.9 Å². The number of carboxylic acids is 2. The first-order valence-corrected chi connectivity index (χ1v) is 25.1. The van der Waals surface area contributed by atoms with Gasteiger partial charge in [0, 0.05) is 128 Å². The summed E-state index contributed by atoms with van der Waals surface area (Å²) < 4.78 is 12.9. The Labute approximate surface area is 524 Å². The third kappa shape index (κ3) is 53.2. The molecule has 3 radical (unpaired) electrons. The van der Waals surface area contributed by atoms with Crippen LogP contribution in [0, 0.1) is 22.3 Å². The number of phenols is 1. The molecule has 0 aliphatic heterocycles. The van der Waals surface area contributed by atoms with Crippen molar-refractivity contribution in [1.29, 1.82) is 0 Å². The monoisotopic (exact) mass is 1340 g/mol. The van der Waals surface area contributed by atoms with E-state index < -0.39 is 39.6 Å². The fourth-order valence-corrected chi connectivity index (χ4v) is 6.34. The molecule has 0 saturated carbocycles. The largest absolute Gasteiger partial charge is 0.508 e. The summed E-state index contributed by atoms with van der Waals surface area (Å²) in [6.07, 6.45) is -0.759. The molecule has 2 unspecified atom stereocenters. The molecule has 0 bridgehead atoms. The van der Waals surface area contributed by atoms with Crippen LogP contribution in [0.5, 0.6) is 5.75 Å². The zero-order valence-electron chi connectivity index (χ0n) is 40.7. The first-order valence-electron chi connectivity index (χ1n) is 18.1. The number of nitrogens with two attached hydrogens (primary N) is 3. The number of aliphatic hydroxyl groups is 1. The predicted octanol–water partition coefficient (Wildman–Crippen LogP) is 9.30. The number of hydrogen-bond donors (Lipinski definition) is 11. The molecule has 1 amide bonds. The van der Waals surface area contributed by atoms with E-state index in [2.05, 4.69) is 83.6 Å². The molecule has 26 heteroatoms. The molecule has 389 valence electrons. The maximum atomic E-state index is 10.6. The smallest absolute Gasteiger partial charge is 0.404 e. The minimum atomic E-state index is -0.998. The van der Waals surface area contributed by atoms with Gasteiger partial charge in [-0.1, -0.05) is 100 Å². The number of phenolic OH excluding ortho intramolecular Hbond substituents is 1. The average molecular weight is 1340 g/mol. The van der Waals surface area contributed by atoms with Gasteiger partial charge in [0.1, 0.15) is 37.7 Å². The number of carbonyl (C=O) groups is 5. The Balaban J connectivity index is -0.0000000888. The molecule has 3 aromatic carbocycles.